The van der Waals surface area contributed by atoms with Gasteiger partial charge in [-0.05, 0) is 74.7 Å². The summed E-state index contributed by atoms with van der Waals surface area (Å²) in [5.74, 6) is 1.51. The summed E-state index contributed by atoms with van der Waals surface area (Å²) in [6, 6.07) is 0. The van der Waals surface area contributed by atoms with Gasteiger partial charge in [-0.1, -0.05) is 36.1 Å². The van der Waals surface area contributed by atoms with Gasteiger partial charge in [0.1, 0.15) is 11.5 Å². The monoisotopic (exact) mass is 364 g/mol. The Kier molecular flexibility index (Phi) is 5.56. The van der Waals surface area contributed by atoms with Crippen LogP contribution in [0.1, 0.15) is 77.0 Å². The molecule has 0 unspecified atom stereocenters. The normalized spacial score (nSPS) is 24.1. The summed E-state index contributed by atoms with van der Waals surface area (Å²) in [5, 5.41) is 0. The Morgan fingerprint density at radius 2 is 0.963 bits per heavy atom. The zero-order valence-corrected chi connectivity index (χ0v) is 16.4. The maximum atomic E-state index is 6.36. The minimum Gasteiger partial charge on any atom is -0.454 e. The van der Waals surface area contributed by atoms with Crippen molar-refractivity contribution in [3.05, 3.63) is 69.5 Å². The average molecular weight is 365 g/mol. The van der Waals surface area contributed by atoms with Gasteiger partial charge in [-0.3, -0.25) is 0 Å². The van der Waals surface area contributed by atoms with Crippen molar-refractivity contribution in [1.29, 1.82) is 0 Å². The summed E-state index contributed by atoms with van der Waals surface area (Å²) in [6.45, 7) is 0. The molecule has 2 fully saturated rings. The first-order valence-electron chi connectivity index (χ1n) is 10.6. The van der Waals surface area contributed by atoms with Crippen LogP contribution < -0.4 is 11.5 Å². The van der Waals surface area contributed by atoms with Crippen molar-refractivity contribution in [3.63, 3.8) is 0 Å². The first-order valence-corrected chi connectivity index (χ1v) is 10.6. The van der Waals surface area contributed by atoms with Crippen molar-refractivity contribution in [2.24, 2.45) is 11.5 Å². The standard InChI is InChI=1S/C24H32N2O/c25-21-15-19(17-7-3-1-4-8-17)11-13-23(21)27-24-14-12-20(16-22(24)26)18-9-5-2-6-10-18/h11-14H,1-10,15-16,25-26H2. The molecule has 4 N–H and O–H groups in total. The Hall–Kier alpha value is -2.16. The summed E-state index contributed by atoms with van der Waals surface area (Å²) in [4.78, 5) is 0. The van der Waals surface area contributed by atoms with Crippen LogP contribution in [0.5, 0.6) is 0 Å². The summed E-state index contributed by atoms with van der Waals surface area (Å²) in [6.07, 6.45) is 22.9. The molecular formula is C24H32N2O. The van der Waals surface area contributed by atoms with Gasteiger partial charge in [-0.2, -0.15) is 0 Å². The lowest BCUT2D eigenvalue weighted by Gasteiger charge is -2.24. The van der Waals surface area contributed by atoms with Crippen LogP contribution >= 0.6 is 0 Å². The SMILES string of the molecule is NC1=C(OC2=C(N)CC(=C3CCCCC3)C=C2)C=CC(=C2CCCCC2)C1. The van der Waals surface area contributed by atoms with E-state index in [0.717, 1.165) is 35.8 Å². The highest BCUT2D eigenvalue weighted by Crippen LogP contribution is 2.34. The third-order valence-corrected chi connectivity index (χ3v) is 6.31. The van der Waals surface area contributed by atoms with Gasteiger partial charge >= 0.3 is 0 Å². The molecule has 0 aromatic heterocycles. The number of rotatable bonds is 2. The molecule has 3 heteroatoms. The van der Waals surface area contributed by atoms with E-state index in [1.807, 2.05) is 12.2 Å². The van der Waals surface area contributed by atoms with Crippen molar-refractivity contribution >= 4 is 0 Å². The summed E-state index contributed by atoms with van der Waals surface area (Å²) < 4.78 is 6.12. The van der Waals surface area contributed by atoms with Crippen molar-refractivity contribution in [2.45, 2.75) is 77.0 Å². The van der Waals surface area contributed by atoms with Crippen LogP contribution in [0.3, 0.4) is 0 Å². The van der Waals surface area contributed by atoms with E-state index in [4.69, 9.17) is 16.2 Å². The first kappa shape index (κ1) is 18.2. The number of allylic oxidation sites excluding steroid dienone is 8. The number of ether oxygens (including phenoxy) is 1. The molecule has 0 aromatic carbocycles. The molecule has 2 saturated carbocycles. The van der Waals surface area contributed by atoms with Gasteiger partial charge in [-0.15, -0.1) is 0 Å². The first-order chi connectivity index (χ1) is 13.2. The summed E-state index contributed by atoms with van der Waals surface area (Å²) in [5.41, 5.74) is 20.3. The van der Waals surface area contributed by atoms with Crippen LogP contribution in [0.15, 0.2) is 69.5 Å². The molecule has 0 spiro atoms. The smallest absolute Gasteiger partial charge is 0.146 e. The Labute approximate surface area is 163 Å². The molecule has 0 bridgehead atoms. The molecule has 0 atom stereocenters. The average Bonchev–Trinajstić information content (AvgIpc) is 2.72. The van der Waals surface area contributed by atoms with Gasteiger partial charge in [0.05, 0.1) is 11.4 Å². The van der Waals surface area contributed by atoms with Crippen LogP contribution in [-0.4, -0.2) is 0 Å². The Balaban J connectivity index is 1.45. The maximum Gasteiger partial charge on any atom is 0.146 e. The molecule has 4 rings (SSSR count). The lowest BCUT2D eigenvalue weighted by molar-refractivity contribution is 0.321. The van der Waals surface area contributed by atoms with Crippen LogP contribution in [0.4, 0.5) is 0 Å². The van der Waals surface area contributed by atoms with E-state index < -0.39 is 0 Å². The molecule has 0 radical (unpaired) electrons. The van der Waals surface area contributed by atoms with Gasteiger partial charge in [0.2, 0.25) is 0 Å². The third kappa shape index (κ3) is 4.23. The van der Waals surface area contributed by atoms with Gasteiger partial charge in [0, 0.05) is 12.8 Å². The minimum atomic E-state index is 0.756. The summed E-state index contributed by atoms with van der Waals surface area (Å²) in [7, 11) is 0. The lowest BCUT2D eigenvalue weighted by atomic mass is 9.87. The zero-order chi connectivity index (χ0) is 18.6. The predicted molar refractivity (Wildman–Crippen MR) is 111 cm³/mol. The molecule has 0 heterocycles. The quantitative estimate of drug-likeness (QED) is 0.652. The maximum absolute atomic E-state index is 6.36. The number of nitrogens with two attached hydrogens (primary N) is 2. The fourth-order valence-electron chi connectivity index (χ4n) is 4.67. The van der Waals surface area contributed by atoms with Gasteiger partial charge in [0.15, 0.2) is 0 Å². The van der Waals surface area contributed by atoms with Crippen LogP contribution in [0.2, 0.25) is 0 Å². The second-order valence-electron chi connectivity index (χ2n) is 8.28. The topological polar surface area (TPSA) is 61.3 Å². The predicted octanol–water partition coefficient (Wildman–Crippen LogP) is 5.78. The highest BCUT2D eigenvalue weighted by Gasteiger charge is 2.19. The van der Waals surface area contributed by atoms with Gasteiger partial charge < -0.3 is 16.2 Å². The van der Waals surface area contributed by atoms with Crippen LogP contribution in [0, 0.1) is 0 Å². The molecule has 0 aromatic rings. The molecule has 0 amide bonds. The van der Waals surface area contributed by atoms with Gasteiger partial charge in [0.25, 0.3) is 0 Å². The molecule has 4 aliphatic rings. The lowest BCUT2D eigenvalue weighted by Crippen LogP contribution is -2.14. The van der Waals surface area contributed by atoms with E-state index in [1.54, 1.807) is 11.1 Å². The Bertz CT molecular complexity index is 707. The molecule has 27 heavy (non-hydrogen) atoms. The molecule has 4 aliphatic carbocycles. The Morgan fingerprint density at radius 1 is 0.556 bits per heavy atom. The third-order valence-electron chi connectivity index (χ3n) is 6.31. The molecular weight excluding hydrogens is 332 g/mol. The van der Waals surface area contributed by atoms with Crippen LogP contribution in [-0.2, 0) is 4.74 Å². The van der Waals surface area contributed by atoms with Gasteiger partial charge in [-0.25, -0.2) is 0 Å². The highest BCUT2D eigenvalue weighted by molar-refractivity contribution is 5.44. The van der Waals surface area contributed by atoms with E-state index >= 15 is 0 Å². The van der Waals surface area contributed by atoms with Crippen molar-refractivity contribution in [3.8, 4) is 0 Å². The molecule has 144 valence electrons. The van der Waals surface area contributed by atoms with Crippen molar-refractivity contribution < 1.29 is 4.74 Å². The van der Waals surface area contributed by atoms with E-state index in [0.29, 0.717) is 0 Å². The molecule has 3 nitrogen and oxygen atoms in total. The Morgan fingerprint density at radius 3 is 1.33 bits per heavy atom. The van der Waals surface area contributed by atoms with E-state index in [2.05, 4.69) is 12.2 Å². The molecule has 0 saturated heterocycles. The second-order valence-corrected chi connectivity index (χ2v) is 8.28. The zero-order valence-electron chi connectivity index (χ0n) is 16.4. The largest absolute Gasteiger partial charge is 0.454 e. The van der Waals surface area contributed by atoms with E-state index in [9.17, 15) is 0 Å². The second kappa shape index (κ2) is 8.24. The fourth-order valence-corrected chi connectivity index (χ4v) is 4.67. The minimum absolute atomic E-state index is 0.756. The van der Waals surface area contributed by atoms with Crippen LogP contribution in [0.25, 0.3) is 0 Å². The highest BCUT2D eigenvalue weighted by atomic mass is 16.5. The molecule has 0 aliphatic heterocycles. The van der Waals surface area contributed by atoms with Crippen molar-refractivity contribution in [2.75, 3.05) is 0 Å². The van der Waals surface area contributed by atoms with Crippen molar-refractivity contribution in [1.82, 2.24) is 0 Å². The number of hydrogen-bond acceptors (Lipinski definition) is 3. The summed E-state index contributed by atoms with van der Waals surface area (Å²) >= 11 is 0. The fraction of sp³-hybridized carbons (Fsp3) is 0.500. The van der Waals surface area contributed by atoms with E-state index in [-0.39, 0.29) is 0 Å². The number of hydrogen-bond donors (Lipinski definition) is 2. The van der Waals surface area contributed by atoms with E-state index in [1.165, 1.54) is 75.4 Å².